The smallest absolute Gasteiger partial charge is 0.410 e. The van der Waals surface area contributed by atoms with Gasteiger partial charge in [0.2, 0.25) is 5.91 Å². The van der Waals surface area contributed by atoms with Gasteiger partial charge in [-0.3, -0.25) is 14.4 Å². The molecule has 3 heterocycles. The number of aromatic nitrogens is 5. The van der Waals surface area contributed by atoms with Crippen molar-refractivity contribution in [2.45, 2.75) is 53.2 Å². The average Bonchev–Trinajstić information content (AvgIpc) is 3.33. The number of hydrogen-bond acceptors (Lipinski definition) is 8. The van der Waals surface area contributed by atoms with E-state index in [9.17, 15) is 9.59 Å². The number of nitrogens with two attached hydrogens (primary N) is 1. The Bertz CT molecular complexity index is 1830. The van der Waals surface area contributed by atoms with Crippen molar-refractivity contribution < 1.29 is 19.6 Å². The molecule has 1 unspecified atom stereocenters. The van der Waals surface area contributed by atoms with Gasteiger partial charge >= 0.3 is 6.09 Å². The lowest BCUT2D eigenvalue weighted by molar-refractivity contribution is -0.539. The summed E-state index contributed by atoms with van der Waals surface area (Å²) in [5, 5.41) is 18.2. The van der Waals surface area contributed by atoms with Gasteiger partial charge in [0.1, 0.15) is 40.4 Å². The standard InChI is InChI=1S/C32H37N9O3/c1-18(33)27-29(34-7)28(37-20(3)36-27)22-15-24(12-10-21-11-13-25-23(14-21)17-35-41(25)9)38-26(16-22)39-30(42)19(2)40(8)31(43)44-32(4,5)6/h11,13-17,19,33-34H,1-9H3,(H,38,39,42)/p+1. The molecule has 0 radical (unpaired) electrons. The summed E-state index contributed by atoms with van der Waals surface area (Å²) in [7, 11) is 5.25. The third-order valence-corrected chi connectivity index (χ3v) is 6.77. The molecule has 12 nitrogen and oxygen atoms in total. The van der Waals surface area contributed by atoms with E-state index in [0.717, 1.165) is 16.5 Å². The van der Waals surface area contributed by atoms with Crippen LogP contribution in [-0.2, 0) is 16.6 Å². The number of nitrogens with one attached hydrogen (secondary N) is 2. The summed E-state index contributed by atoms with van der Waals surface area (Å²) in [5.41, 5.74) is 4.18. The molecule has 228 valence electrons. The van der Waals surface area contributed by atoms with Crippen LogP contribution in [0.5, 0.6) is 0 Å². The topological polar surface area (TPSA) is 156 Å². The molecular formula is C32H38N9O3+. The van der Waals surface area contributed by atoms with E-state index in [4.69, 9.17) is 10.1 Å². The van der Waals surface area contributed by atoms with Crippen LogP contribution in [0.2, 0.25) is 0 Å². The maximum absolute atomic E-state index is 13.3. The van der Waals surface area contributed by atoms with Crippen molar-refractivity contribution >= 4 is 40.1 Å². The molecule has 2 amide bonds. The van der Waals surface area contributed by atoms with Gasteiger partial charge in [0.25, 0.3) is 0 Å². The van der Waals surface area contributed by atoms with E-state index in [2.05, 4.69) is 37.2 Å². The van der Waals surface area contributed by atoms with Gasteiger partial charge in [-0.1, -0.05) is 5.92 Å². The zero-order valence-electron chi connectivity index (χ0n) is 26.5. The molecule has 44 heavy (non-hydrogen) atoms. The number of carbonyl (C=O) groups is 2. The SMILES string of the molecule is C[NH2+]c1c(C(C)=N)nc(C)nc1-c1cc(C#Cc2ccc3c(cnn3C)c2)nc(NC(=O)C(C)N(C)C(=O)OC(C)(C)C)c1. The fourth-order valence-electron chi connectivity index (χ4n) is 4.43. The minimum Gasteiger partial charge on any atom is -0.444 e. The minimum absolute atomic E-state index is 0.232. The molecule has 0 saturated carbocycles. The highest BCUT2D eigenvalue weighted by atomic mass is 16.6. The number of anilines is 1. The molecule has 4 rings (SSSR count). The summed E-state index contributed by atoms with van der Waals surface area (Å²) >= 11 is 0. The molecule has 3 aromatic heterocycles. The van der Waals surface area contributed by atoms with Crippen molar-refractivity contribution in [1.82, 2.24) is 29.6 Å². The lowest BCUT2D eigenvalue weighted by Crippen LogP contribution is -2.73. The monoisotopic (exact) mass is 596 g/mol. The molecule has 0 aliphatic heterocycles. The molecule has 0 bridgehead atoms. The number of amides is 2. The van der Waals surface area contributed by atoms with E-state index in [1.54, 1.807) is 64.6 Å². The highest BCUT2D eigenvalue weighted by molar-refractivity contribution is 6.00. The molecule has 0 fully saturated rings. The van der Waals surface area contributed by atoms with Crippen molar-refractivity contribution in [2.24, 2.45) is 7.05 Å². The Kier molecular flexibility index (Phi) is 9.11. The third kappa shape index (κ3) is 7.25. The van der Waals surface area contributed by atoms with Crippen molar-refractivity contribution in [2.75, 3.05) is 19.4 Å². The van der Waals surface area contributed by atoms with Crippen molar-refractivity contribution in [3.8, 4) is 23.1 Å². The molecule has 0 saturated heterocycles. The number of ether oxygens (including phenoxy) is 1. The first-order valence-electron chi connectivity index (χ1n) is 14.1. The van der Waals surface area contributed by atoms with Crippen LogP contribution in [0.4, 0.5) is 16.3 Å². The number of hydrogen-bond donors (Lipinski definition) is 3. The summed E-state index contributed by atoms with van der Waals surface area (Å²) < 4.78 is 7.21. The number of pyridine rings is 1. The van der Waals surface area contributed by atoms with Gasteiger partial charge in [-0.05, 0) is 77.8 Å². The maximum Gasteiger partial charge on any atom is 0.410 e. The van der Waals surface area contributed by atoms with E-state index in [1.807, 2.05) is 37.6 Å². The van der Waals surface area contributed by atoms with Gasteiger partial charge in [0.05, 0.1) is 24.5 Å². The van der Waals surface area contributed by atoms with E-state index in [0.29, 0.717) is 39.9 Å². The van der Waals surface area contributed by atoms with E-state index < -0.39 is 23.6 Å². The minimum atomic E-state index is -0.857. The number of aryl methyl sites for hydroxylation is 2. The van der Waals surface area contributed by atoms with Crippen molar-refractivity contribution in [3.63, 3.8) is 0 Å². The van der Waals surface area contributed by atoms with Gasteiger partial charge in [-0.15, -0.1) is 0 Å². The van der Waals surface area contributed by atoms with Gasteiger partial charge in [0.15, 0.2) is 5.69 Å². The van der Waals surface area contributed by atoms with E-state index >= 15 is 0 Å². The zero-order chi connectivity index (χ0) is 32.3. The van der Waals surface area contributed by atoms with Crippen LogP contribution in [0.1, 0.15) is 57.4 Å². The lowest BCUT2D eigenvalue weighted by atomic mass is 10.1. The first-order chi connectivity index (χ1) is 20.7. The molecule has 12 heteroatoms. The lowest BCUT2D eigenvalue weighted by Gasteiger charge is -2.28. The number of quaternary nitrogens is 1. The molecule has 4 N–H and O–H groups in total. The van der Waals surface area contributed by atoms with Crippen LogP contribution < -0.4 is 10.6 Å². The summed E-state index contributed by atoms with van der Waals surface area (Å²) in [6.07, 6.45) is 1.17. The fraction of sp³-hybridized carbons (Fsp3) is 0.344. The summed E-state index contributed by atoms with van der Waals surface area (Å²) in [6, 6.07) is 8.45. The largest absolute Gasteiger partial charge is 0.444 e. The first kappa shape index (κ1) is 31.8. The fourth-order valence-corrected chi connectivity index (χ4v) is 4.43. The second-order valence-electron chi connectivity index (χ2n) is 11.5. The maximum atomic E-state index is 13.3. The van der Waals surface area contributed by atoms with Crippen LogP contribution in [0.3, 0.4) is 0 Å². The Hall–Kier alpha value is -5.15. The second-order valence-corrected chi connectivity index (χ2v) is 11.5. The molecule has 0 spiro atoms. The molecule has 0 aliphatic carbocycles. The number of nitrogens with zero attached hydrogens (tertiary/aromatic N) is 6. The molecule has 1 aromatic carbocycles. The Morgan fingerprint density at radius 1 is 1.14 bits per heavy atom. The van der Waals surface area contributed by atoms with E-state index in [-0.39, 0.29) is 5.82 Å². The van der Waals surface area contributed by atoms with Crippen LogP contribution >= 0.6 is 0 Å². The van der Waals surface area contributed by atoms with Crippen LogP contribution in [0, 0.1) is 24.2 Å². The van der Waals surface area contributed by atoms with Gasteiger partial charge in [-0.2, -0.15) is 5.10 Å². The molecular weight excluding hydrogens is 558 g/mol. The number of carbonyl (C=O) groups excluding carboxylic acids is 2. The summed E-state index contributed by atoms with van der Waals surface area (Å²) in [4.78, 5) is 40.9. The van der Waals surface area contributed by atoms with Gasteiger partial charge in [0, 0.05) is 30.6 Å². The van der Waals surface area contributed by atoms with Crippen LogP contribution in [0.25, 0.3) is 22.2 Å². The summed E-state index contributed by atoms with van der Waals surface area (Å²) in [5.74, 6) is 6.56. The summed E-state index contributed by atoms with van der Waals surface area (Å²) in [6.45, 7) is 10.3. The predicted octanol–water partition coefficient (Wildman–Crippen LogP) is 3.54. The average molecular weight is 597 g/mol. The second kappa shape index (κ2) is 12.6. The Morgan fingerprint density at radius 2 is 1.86 bits per heavy atom. The number of fused-ring (bicyclic) bond motifs is 1. The molecule has 0 aliphatic rings. The normalized spacial score (nSPS) is 11.8. The van der Waals surface area contributed by atoms with Crippen molar-refractivity contribution in [1.29, 1.82) is 5.41 Å². The number of benzene rings is 1. The van der Waals surface area contributed by atoms with Crippen molar-refractivity contribution in [3.05, 3.63) is 59.3 Å². The number of rotatable bonds is 6. The Morgan fingerprint density at radius 3 is 2.52 bits per heavy atom. The Labute approximate surface area is 256 Å². The number of likely N-dealkylation sites (N-methyl/N-ethyl adjacent to an activating group) is 1. The van der Waals surface area contributed by atoms with E-state index in [1.165, 1.54) is 11.9 Å². The third-order valence-electron chi connectivity index (χ3n) is 6.77. The van der Waals surface area contributed by atoms with Crippen LogP contribution in [0.15, 0.2) is 36.5 Å². The predicted molar refractivity (Wildman–Crippen MR) is 169 cm³/mol. The highest BCUT2D eigenvalue weighted by Crippen LogP contribution is 2.28. The molecule has 1 atom stereocenters. The zero-order valence-corrected chi connectivity index (χ0v) is 26.5. The molecule has 4 aromatic rings. The first-order valence-corrected chi connectivity index (χ1v) is 14.1. The van der Waals surface area contributed by atoms with Gasteiger partial charge in [-0.25, -0.2) is 19.7 Å². The van der Waals surface area contributed by atoms with Crippen LogP contribution in [-0.4, -0.2) is 73.1 Å². The van der Waals surface area contributed by atoms with Gasteiger partial charge < -0.3 is 20.8 Å². The Balaban J connectivity index is 1.77. The highest BCUT2D eigenvalue weighted by Gasteiger charge is 2.28. The quantitative estimate of drug-likeness (QED) is 0.227.